The molecule has 0 aliphatic heterocycles. The van der Waals surface area contributed by atoms with Gasteiger partial charge in [-0.3, -0.25) is 0 Å². The molecule has 1 heterocycles. The van der Waals surface area contributed by atoms with Crippen LogP contribution in [0.5, 0.6) is 5.75 Å². The van der Waals surface area contributed by atoms with E-state index in [9.17, 15) is 10.2 Å². The van der Waals surface area contributed by atoms with Crippen LogP contribution in [0, 0.1) is 0 Å². The van der Waals surface area contributed by atoms with Crippen LogP contribution in [0.1, 0.15) is 26.7 Å². The molecule has 0 saturated heterocycles. The standard InChI is InChI=1S/C21H33N5O3/c1-15(27)10-12-25(3)19-14-20(26(4)13-11-16(2)28)24-21(23-19)22-17-6-8-18(29-5)9-7-17/h6-9,14-16,27-28H,10-13H2,1-5H3,(H,22,23,24)/t15-,16-/m1/s1. The van der Waals surface area contributed by atoms with Crippen molar-refractivity contribution in [2.24, 2.45) is 0 Å². The van der Waals surface area contributed by atoms with E-state index in [1.165, 1.54) is 0 Å². The van der Waals surface area contributed by atoms with Crippen molar-refractivity contribution in [1.82, 2.24) is 9.97 Å². The zero-order valence-electron chi connectivity index (χ0n) is 18.0. The van der Waals surface area contributed by atoms with Crippen molar-refractivity contribution in [1.29, 1.82) is 0 Å². The Hall–Kier alpha value is -2.58. The minimum atomic E-state index is -0.371. The van der Waals surface area contributed by atoms with Crippen LogP contribution < -0.4 is 19.9 Å². The van der Waals surface area contributed by atoms with E-state index in [2.05, 4.69) is 15.3 Å². The summed E-state index contributed by atoms with van der Waals surface area (Å²) in [5.74, 6) is 2.78. The Morgan fingerprint density at radius 2 is 1.41 bits per heavy atom. The Bertz CT molecular complexity index is 716. The molecule has 1 aromatic heterocycles. The Morgan fingerprint density at radius 3 is 1.83 bits per heavy atom. The summed E-state index contributed by atoms with van der Waals surface area (Å²) in [7, 11) is 5.52. The molecule has 2 aromatic rings. The third-order valence-electron chi connectivity index (χ3n) is 4.59. The molecular weight excluding hydrogens is 370 g/mol. The minimum absolute atomic E-state index is 0.371. The van der Waals surface area contributed by atoms with Crippen LogP contribution in [0.2, 0.25) is 0 Å². The molecule has 0 bridgehead atoms. The predicted octanol–water partition coefficient (Wildman–Crippen LogP) is 2.64. The van der Waals surface area contributed by atoms with Gasteiger partial charge in [0.05, 0.1) is 19.3 Å². The highest BCUT2D eigenvalue weighted by Crippen LogP contribution is 2.24. The van der Waals surface area contributed by atoms with Crippen LogP contribution in [0.25, 0.3) is 0 Å². The molecule has 0 unspecified atom stereocenters. The highest BCUT2D eigenvalue weighted by Gasteiger charge is 2.13. The first kappa shape index (κ1) is 22.7. The molecule has 0 saturated carbocycles. The molecule has 0 spiro atoms. The summed E-state index contributed by atoms with van der Waals surface area (Å²) in [6, 6.07) is 9.47. The van der Waals surface area contributed by atoms with Gasteiger partial charge in [-0.05, 0) is 51.0 Å². The third kappa shape index (κ3) is 7.40. The fourth-order valence-corrected chi connectivity index (χ4v) is 2.66. The monoisotopic (exact) mass is 403 g/mol. The van der Waals surface area contributed by atoms with Gasteiger partial charge >= 0.3 is 0 Å². The second-order valence-corrected chi connectivity index (χ2v) is 7.38. The van der Waals surface area contributed by atoms with Crippen LogP contribution in [-0.4, -0.2) is 66.7 Å². The number of benzene rings is 1. The molecule has 3 N–H and O–H groups in total. The quantitative estimate of drug-likeness (QED) is 0.527. The van der Waals surface area contributed by atoms with Gasteiger partial charge in [0.1, 0.15) is 17.4 Å². The summed E-state index contributed by atoms with van der Waals surface area (Å²) in [4.78, 5) is 13.3. The number of aromatic nitrogens is 2. The molecule has 2 atom stereocenters. The highest BCUT2D eigenvalue weighted by molar-refractivity contribution is 5.60. The first-order valence-corrected chi connectivity index (χ1v) is 9.87. The summed E-state index contributed by atoms with van der Waals surface area (Å²) in [5, 5.41) is 22.4. The minimum Gasteiger partial charge on any atom is -0.497 e. The van der Waals surface area contributed by atoms with Gasteiger partial charge in [-0.15, -0.1) is 0 Å². The SMILES string of the molecule is COc1ccc(Nc2nc(N(C)CC[C@@H](C)O)cc(N(C)CC[C@@H](C)O)n2)cc1. The fraction of sp³-hybridized carbons (Fsp3) is 0.524. The molecule has 8 heteroatoms. The topological polar surface area (TPSA) is 94.0 Å². The largest absolute Gasteiger partial charge is 0.497 e. The highest BCUT2D eigenvalue weighted by atomic mass is 16.5. The molecular formula is C21H33N5O3. The zero-order chi connectivity index (χ0) is 21.4. The van der Waals surface area contributed by atoms with E-state index in [0.717, 1.165) is 23.1 Å². The maximum absolute atomic E-state index is 9.59. The number of methoxy groups -OCH3 is 1. The number of aliphatic hydroxyl groups excluding tert-OH is 2. The summed E-state index contributed by atoms with van der Waals surface area (Å²) in [6.45, 7) is 4.90. The van der Waals surface area contributed by atoms with Gasteiger partial charge in [0, 0.05) is 38.9 Å². The van der Waals surface area contributed by atoms with E-state index in [1.807, 2.05) is 54.2 Å². The number of hydrogen-bond donors (Lipinski definition) is 3. The Kier molecular flexibility index (Phi) is 8.48. The number of ether oxygens (including phenoxy) is 1. The molecule has 2 rings (SSSR count). The smallest absolute Gasteiger partial charge is 0.231 e. The molecule has 160 valence electrons. The maximum atomic E-state index is 9.59. The average molecular weight is 404 g/mol. The van der Waals surface area contributed by atoms with E-state index >= 15 is 0 Å². The molecule has 1 aromatic carbocycles. The van der Waals surface area contributed by atoms with E-state index in [-0.39, 0.29) is 12.2 Å². The molecule has 0 aliphatic rings. The lowest BCUT2D eigenvalue weighted by molar-refractivity contribution is 0.186. The van der Waals surface area contributed by atoms with Crippen LogP contribution in [0.3, 0.4) is 0 Å². The van der Waals surface area contributed by atoms with Crippen molar-refractivity contribution in [2.75, 3.05) is 49.4 Å². The van der Waals surface area contributed by atoms with Gasteiger partial charge in [0.15, 0.2) is 0 Å². The van der Waals surface area contributed by atoms with Gasteiger partial charge in [-0.25, -0.2) is 0 Å². The second kappa shape index (κ2) is 10.8. The van der Waals surface area contributed by atoms with Gasteiger partial charge in [0.25, 0.3) is 0 Å². The summed E-state index contributed by atoms with van der Waals surface area (Å²) in [5.41, 5.74) is 0.854. The number of hydrogen-bond acceptors (Lipinski definition) is 8. The zero-order valence-corrected chi connectivity index (χ0v) is 18.0. The van der Waals surface area contributed by atoms with Crippen LogP contribution in [0.4, 0.5) is 23.3 Å². The Morgan fingerprint density at radius 1 is 0.931 bits per heavy atom. The first-order chi connectivity index (χ1) is 13.8. The van der Waals surface area contributed by atoms with Gasteiger partial charge in [0.2, 0.25) is 5.95 Å². The first-order valence-electron chi connectivity index (χ1n) is 9.87. The lowest BCUT2D eigenvalue weighted by Gasteiger charge is -2.24. The lowest BCUT2D eigenvalue weighted by atomic mass is 10.2. The average Bonchev–Trinajstić information content (AvgIpc) is 2.70. The maximum Gasteiger partial charge on any atom is 0.231 e. The number of aliphatic hydroxyl groups is 2. The Balaban J connectivity index is 2.26. The van der Waals surface area contributed by atoms with Crippen molar-refractivity contribution >= 4 is 23.3 Å². The number of rotatable bonds is 11. The molecule has 0 radical (unpaired) electrons. The second-order valence-electron chi connectivity index (χ2n) is 7.38. The molecule has 0 amide bonds. The summed E-state index contributed by atoms with van der Waals surface area (Å²) >= 11 is 0. The summed E-state index contributed by atoms with van der Waals surface area (Å²) < 4.78 is 5.20. The van der Waals surface area contributed by atoms with Crippen molar-refractivity contribution < 1.29 is 14.9 Å². The molecule has 29 heavy (non-hydrogen) atoms. The van der Waals surface area contributed by atoms with Crippen molar-refractivity contribution in [3.63, 3.8) is 0 Å². The van der Waals surface area contributed by atoms with E-state index in [1.54, 1.807) is 21.0 Å². The van der Waals surface area contributed by atoms with Gasteiger partial charge in [-0.2, -0.15) is 9.97 Å². The third-order valence-corrected chi connectivity index (χ3v) is 4.59. The van der Waals surface area contributed by atoms with Crippen LogP contribution in [0.15, 0.2) is 30.3 Å². The lowest BCUT2D eigenvalue weighted by Crippen LogP contribution is -2.26. The van der Waals surface area contributed by atoms with Crippen LogP contribution >= 0.6 is 0 Å². The van der Waals surface area contributed by atoms with Crippen molar-refractivity contribution in [2.45, 2.75) is 38.9 Å². The summed E-state index contributed by atoms with van der Waals surface area (Å²) in [6.07, 6.45) is 0.554. The fourth-order valence-electron chi connectivity index (χ4n) is 2.66. The molecule has 0 aliphatic carbocycles. The predicted molar refractivity (Wildman–Crippen MR) is 117 cm³/mol. The van der Waals surface area contributed by atoms with Crippen molar-refractivity contribution in [3.8, 4) is 5.75 Å². The molecule has 8 nitrogen and oxygen atoms in total. The van der Waals surface area contributed by atoms with Gasteiger partial charge in [-0.1, -0.05) is 0 Å². The number of nitrogens with zero attached hydrogens (tertiary/aromatic N) is 4. The van der Waals surface area contributed by atoms with E-state index in [0.29, 0.717) is 31.9 Å². The van der Waals surface area contributed by atoms with E-state index < -0.39 is 0 Å². The molecule has 0 fully saturated rings. The normalized spacial score (nSPS) is 12.9. The van der Waals surface area contributed by atoms with Gasteiger partial charge < -0.3 is 30.1 Å². The Labute approximate surface area is 173 Å². The van der Waals surface area contributed by atoms with E-state index in [4.69, 9.17) is 4.74 Å². The van der Waals surface area contributed by atoms with Crippen LogP contribution in [-0.2, 0) is 0 Å². The number of nitrogens with one attached hydrogen (secondary N) is 1. The van der Waals surface area contributed by atoms with Crippen molar-refractivity contribution in [3.05, 3.63) is 30.3 Å². The number of anilines is 4.